The molecule has 0 saturated heterocycles. The number of esters is 1. The van der Waals surface area contributed by atoms with Crippen LogP contribution < -0.4 is 38.1 Å². The average Bonchev–Trinajstić information content (AvgIpc) is 3.48. The molecule has 0 heterocycles. The van der Waals surface area contributed by atoms with Gasteiger partial charge < -0.3 is 58.4 Å². The van der Waals surface area contributed by atoms with Gasteiger partial charge >= 0.3 is 11.9 Å². The Hall–Kier alpha value is -3.64. The quantitative estimate of drug-likeness (QED) is 0.0885. The maximum atomic E-state index is 12.1. The predicted molar refractivity (Wildman–Crippen MR) is 216 cm³/mol. The molecule has 2 aromatic rings. The zero-order chi connectivity index (χ0) is 41.2. The van der Waals surface area contributed by atoms with Crippen molar-refractivity contribution >= 4 is 35.4 Å². The summed E-state index contributed by atoms with van der Waals surface area (Å²) in [6, 6.07) is 14.8. The summed E-state index contributed by atoms with van der Waals surface area (Å²) in [5.74, 6) is -4.49. The molecule has 0 saturated carbocycles. The van der Waals surface area contributed by atoms with Gasteiger partial charge in [0.15, 0.2) is 0 Å². The Balaban J connectivity index is -0.000000807. The predicted octanol–water partition coefficient (Wildman–Crippen LogP) is 1.80. The van der Waals surface area contributed by atoms with Crippen LogP contribution in [0.15, 0.2) is 48.5 Å². The van der Waals surface area contributed by atoms with Gasteiger partial charge in [0.25, 0.3) is 0 Å². The number of carbonyl (C=O) groups is 6. The fourth-order valence-corrected chi connectivity index (χ4v) is 5.32. The van der Waals surface area contributed by atoms with Crippen molar-refractivity contribution in [1.29, 1.82) is 0 Å². The zero-order valence-corrected chi connectivity index (χ0v) is 36.0. The number of rotatable bonds is 20. The molecule has 1 aliphatic rings. The maximum absolute atomic E-state index is 12.1. The van der Waals surface area contributed by atoms with Crippen molar-refractivity contribution in [2.24, 2.45) is 23.3 Å². The van der Waals surface area contributed by atoms with Gasteiger partial charge in [0, 0.05) is 77.6 Å². The van der Waals surface area contributed by atoms with Crippen molar-refractivity contribution in [3.63, 3.8) is 0 Å². The molecule has 3 rings (SSSR count). The van der Waals surface area contributed by atoms with E-state index in [1.54, 1.807) is 35.1 Å². The van der Waals surface area contributed by atoms with Crippen molar-refractivity contribution in [3.8, 4) is 11.1 Å². The van der Waals surface area contributed by atoms with E-state index in [-0.39, 0.29) is 90.3 Å². The number of likely N-dealkylation sites (N-methyl/N-ethyl adjacent to an activating group) is 2. The third-order valence-corrected chi connectivity index (χ3v) is 8.11. The van der Waals surface area contributed by atoms with Gasteiger partial charge in [-0.25, -0.2) is 0 Å². The summed E-state index contributed by atoms with van der Waals surface area (Å²) in [6.07, 6.45) is 0.388. The van der Waals surface area contributed by atoms with Crippen LogP contribution in [0.5, 0.6) is 0 Å². The first-order chi connectivity index (χ1) is 25.7. The van der Waals surface area contributed by atoms with Crippen molar-refractivity contribution in [2.75, 3.05) is 61.0 Å². The molecule has 17 heteroatoms. The molecule has 4 atom stereocenters. The number of hydrogen-bond donors (Lipinski definition) is 8. The second kappa shape index (κ2) is 32.4. The summed E-state index contributed by atoms with van der Waals surface area (Å²) in [5, 5.41) is 22.8. The number of ketones is 1. The molecule has 0 unspecified atom stereocenters. The van der Waals surface area contributed by atoms with Crippen LogP contribution in [0.2, 0.25) is 0 Å². The molecule has 3 amide bonds. The van der Waals surface area contributed by atoms with Crippen LogP contribution in [-0.2, 0) is 66.2 Å². The minimum Gasteiger partial charge on any atom is -0.666 e. The minimum atomic E-state index is -0.997. The van der Waals surface area contributed by atoms with Crippen LogP contribution in [0.3, 0.4) is 0 Å². The van der Waals surface area contributed by atoms with Crippen molar-refractivity contribution in [1.82, 2.24) is 26.6 Å². The van der Waals surface area contributed by atoms with E-state index in [4.69, 9.17) is 27.0 Å². The van der Waals surface area contributed by atoms with Gasteiger partial charge in [-0.05, 0) is 50.4 Å². The molecule has 0 aliphatic heterocycles. The van der Waals surface area contributed by atoms with Gasteiger partial charge in [0.2, 0.25) is 11.8 Å². The molecule has 1 radical (unpaired) electrons. The molecular formula is C39H65N8O8Y-. The first-order valence-corrected chi connectivity index (χ1v) is 18.0. The summed E-state index contributed by atoms with van der Waals surface area (Å²) in [6.45, 7) is 7.19. The number of hydrogen-bond acceptors (Lipinski definition) is 12. The number of Topliss-reactive ketones (excluding diaryl/α,β-unsaturated/α-hetero) is 1. The number of carboxylic acids is 1. The number of benzene rings is 2. The zero-order valence-electron chi connectivity index (χ0n) is 33.2. The van der Waals surface area contributed by atoms with E-state index in [0.29, 0.717) is 19.5 Å². The topological polar surface area (TPSA) is 268 Å². The number of primary amides is 1. The normalized spacial score (nSPS) is 12.8. The Bertz CT molecular complexity index is 1430. The minimum absolute atomic E-state index is 0. The van der Waals surface area contributed by atoms with Crippen LogP contribution >= 0.6 is 0 Å². The van der Waals surface area contributed by atoms with Gasteiger partial charge in [-0.15, -0.1) is 0 Å². The SMILES string of the molecule is C.CC.CCC(=O)C[C@@H](CNC)C(=O)N[C@@H](CNC)C([NH-])=O.CNC[C@H](CC(=O)OCC1c2ccccc2-c2ccccc21)C(=O)O.CNC[C@H](N)C(N)=O.[Y]. The van der Waals surface area contributed by atoms with Crippen LogP contribution in [0.1, 0.15) is 64.5 Å². The molecule has 313 valence electrons. The Morgan fingerprint density at radius 3 is 1.64 bits per heavy atom. The number of aliphatic carboxylic acids is 1. The first-order valence-electron chi connectivity index (χ1n) is 18.0. The molecule has 0 spiro atoms. The van der Waals surface area contributed by atoms with Crippen LogP contribution in [0.25, 0.3) is 16.9 Å². The summed E-state index contributed by atoms with van der Waals surface area (Å²) < 4.78 is 5.44. The molecule has 56 heavy (non-hydrogen) atoms. The van der Waals surface area contributed by atoms with E-state index in [1.165, 1.54) is 0 Å². The Labute approximate surface area is 357 Å². The maximum Gasteiger partial charge on any atom is 0.308 e. The van der Waals surface area contributed by atoms with E-state index >= 15 is 0 Å². The number of carboxylic acid groups (broad SMARTS) is 1. The van der Waals surface area contributed by atoms with Crippen LogP contribution in [-0.4, -0.2) is 114 Å². The smallest absolute Gasteiger partial charge is 0.308 e. The largest absolute Gasteiger partial charge is 0.666 e. The molecule has 11 N–H and O–H groups in total. The van der Waals surface area contributed by atoms with Gasteiger partial charge in [0.05, 0.1) is 36.2 Å². The Kier molecular flexibility index (Phi) is 32.9. The Morgan fingerprint density at radius 2 is 1.25 bits per heavy atom. The van der Waals surface area contributed by atoms with Gasteiger partial charge in [-0.1, -0.05) is 76.7 Å². The number of nitrogens with two attached hydrogens (primary N) is 2. The fourth-order valence-electron chi connectivity index (χ4n) is 5.32. The third kappa shape index (κ3) is 20.5. The molecule has 1 aliphatic carbocycles. The van der Waals surface area contributed by atoms with E-state index in [1.807, 2.05) is 38.1 Å². The summed E-state index contributed by atoms with van der Waals surface area (Å²) in [7, 11) is 6.70. The first kappa shape index (κ1) is 56.7. The molecule has 16 nitrogen and oxygen atoms in total. The number of amides is 3. The van der Waals surface area contributed by atoms with Crippen LogP contribution in [0, 0.1) is 11.8 Å². The Morgan fingerprint density at radius 1 is 0.786 bits per heavy atom. The monoisotopic (exact) mass is 862 g/mol. The third-order valence-electron chi connectivity index (χ3n) is 8.11. The summed E-state index contributed by atoms with van der Waals surface area (Å²) in [5.41, 5.74) is 21.7. The van der Waals surface area contributed by atoms with Crippen molar-refractivity contribution in [3.05, 3.63) is 65.4 Å². The van der Waals surface area contributed by atoms with Gasteiger partial charge in [-0.2, -0.15) is 0 Å². The number of ether oxygens (including phenoxy) is 1. The van der Waals surface area contributed by atoms with Gasteiger partial charge in [-0.3, -0.25) is 24.0 Å². The molecular weight excluding hydrogens is 797 g/mol. The standard InChI is InChI=1S/C20H21NO4.C12H24N4O3.C4H11N3O.C2H6.CH4.Y/c1-21-11-13(20(23)24)10-19(22)25-12-18-16-8-4-2-6-14(16)15-7-3-5-9-17(15)18;1-4-9(17)5-8(6-14-2)12(19)16-10(7-15-3)11(13)18;1-7-2-3(5)4(6)8;1-2;;/h2-9,13,18,21H,10-12H2,1H3,(H,23,24);8,10,14-15H,4-7H2,1-3H3,(H3,13,16,18,19);3,7H,2,5H2,1H3,(H2,6,8);1-2H3;1H4;/p-1/t13-;8-,10-;3-;;;/m000.../s1. The van der Waals surface area contributed by atoms with E-state index in [2.05, 4.69) is 50.8 Å². The van der Waals surface area contributed by atoms with E-state index in [9.17, 15) is 28.8 Å². The molecule has 2 aromatic carbocycles. The second-order valence-corrected chi connectivity index (χ2v) is 12.1. The summed E-state index contributed by atoms with van der Waals surface area (Å²) >= 11 is 0. The average molecular weight is 863 g/mol. The van der Waals surface area contributed by atoms with Crippen molar-refractivity contribution in [2.45, 2.75) is 65.5 Å². The number of fused-ring (bicyclic) bond motifs is 3. The second-order valence-electron chi connectivity index (χ2n) is 12.1. The van der Waals surface area contributed by atoms with Gasteiger partial charge in [0.1, 0.15) is 12.4 Å². The van der Waals surface area contributed by atoms with Crippen LogP contribution in [0.4, 0.5) is 0 Å². The van der Waals surface area contributed by atoms with E-state index in [0.717, 1.165) is 22.3 Å². The fraction of sp³-hybridized carbons (Fsp3) is 0.538. The molecule has 0 fully saturated rings. The molecule has 0 aromatic heterocycles. The number of carbonyl (C=O) groups excluding carboxylic acids is 5. The molecule has 0 bridgehead atoms. The van der Waals surface area contributed by atoms with E-state index < -0.39 is 47.7 Å². The number of nitrogens with one attached hydrogen (secondary N) is 6. The summed E-state index contributed by atoms with van der Waals surface area (Å²) in [4.78, 5) is 67.9. The van der Waals surface area contributed by atoms with Crippen molar-refractivity contribution < 1.29 is 71.3 Å².